The fourth-order valence-electron chi connectivity index (χ4n) is 3.24. The Bertz CT molecular complexity index is 1160. The lowest BCUT2D eigenvalue weighted by molar-refractivity contribution is -0.0459. The number of hydrogen-bond donors (Lipinski definition) is 1. The Morgan fingerprint density at radius 1 is 1.03 bits per heavy atom. The number of methoxy groups -OCH3 is 1. The van der Waals surface area contributed by atoms with Gasteiger partial charge in [-0.25, -0.2) is 8.78 Å². The highest BCUT2D eigenvalue weighted by atomic mass is 35.5. The first-order chi connectivity index (χ1) is 14.8. The van der Waals surface area contributed by atoms with E-state index < -0.39 is 23.3 Å². The van der Waals surface area contributed by atoms with Crippen LogP contribution >= 0.6 is 23.2 Å². The van der Waals surface area contributed by atoms with E-state index in [2.05, 4.69) is 5.32 Å². The highest BCUT2D eigenvalue weighted by Crippen LogP contribution is 2.50. The summed E-state index contributed by atoms with van der Waals surface area (Å²) in [6, 6.07) is 12.4. The van der Waals surface area contributed by atoms with E-state index in [-0.39, 0.29) is 28.8 Å². The zero-order valence-electron chi connectivity index (χ0n) is 16.0. The number of nitrogens with one attached hydrogen (secondary N) is 1. The number of fused-ring (bicyclic) bond motifs is 1. The predicted octanol–water partition coefficient (Wildman–Crippen LogP) is 5.28. The van der Waals surface area contributed by atoms with Crippen molar-refractivity contribution in [2.45, 2.75) is 5.79 Å². The Hall–Kier alpha value is -2.87. The second kappa shape index (κ2) is 8.34. The third-order valence-corrected chi connectivity index (χ3v) is 5.22. The molecule has 1 heterocycles. The number of amides is 1. The first-order valence-electron chi connectivity index (χ1n) is 9.04. The Kier molecular flexibility index (Phi) is 5.75. The maximum Gasteiger partial charge on any atom is 0.307 e. The number of carbonyl (C=O) groups excluding carboxylic acids is 1. The van der Waals surface area contributed by atoms with Crippen LogP contribution in [0.15, 0.2) is 54.6 Å². The van der Waals surface area contributed by atoms with E-state index in [4.69, 9.17) is 37.4 Å². The second-order valence-electron chi connectivity index (χ2n) is 6.67. The van der Waals surface area contributed by atoms with Crippen LogP contribution < -0.4 is 14.8 Å². The lowest BCUT2D eigenvalue weighted by Gasteiger charge is -2.29. The van der Waals surface area contributed by atoms with Gasteiger partial charge in [-0.05, 0) is 48.5 Å². The fourth-order valence-corrected chi connectivity index (χ4v) is 3.77. The van der Waals surface area contributed by atoms with E-state index in [9.17, 15) is 13.6 Å². The first-order valence-corrected chi connectivity index (χ1v) is 9.80. The molecular formula is C22H15Cl2F2NO4. The number of benzene rings is 3. The van der Waals surface area contributed by atoms with E-state index >= 15 is 0 Å². The van der Waals surface area contributed by atoms with E-state index in [0.717, 1.165) is 6.07 Å². The van der Waals surface area contributed by atoms with Crippen molar-refractivity contribution in [3.05, 3.63) is 93.0 Å². The molecule has 4 rings (SSSR count). The zero-order valence-corrected chi connectivity index (χ0v) is 17.6. The van der Waals surface area contributed by atoms with E-state index in [1.54, 1.807) is 12.1 Å². The molecule has 1 unspecified atom stereocenters. The molecule has 0 saturated carbocycles. The number of ether oxygens (including phenoxy) is 3. The van der Waals surface area contributed by atoms with Gasteiger partial charge < -0.3 is 19.5 Å². The summed E-state index contributed by atoms with van der Waals surface area (Å²) in [5.41, 5.74) is 0.517. The predicted molar refractivity (Wildman–Crippen MR) is 111 cm³/mol. The van der Waals surface area contributed by atoms with Crippen molar-refractivity contribution in [3.63, 3.8) is 0 Å². The van der Waals surface area contributed by atoms with E-state index in [1.165, 1.54) is 43.5 Å². The summed E-state index contributed by atoms with van der Waals surface area (Å²) in [4.78, 5) is 12.2. The quantitative estimate of drug-likeness (QED) is 0.521. The Balaban J connectivity index is 1.83. The molecule has 160 valence electrons. The van der Waals surface area contributed by atoms with Crippen molar-refractivity contribution in [2.24, 2.45) is 0 Å². The van der Waals surface area contributed by atoms with Crippen molar-refractivity contribution >= 4 is 29.1 Å². The van der Waals surface area contributed by atoms with Crippen LogP contribution in [0.1, 0.15) is 21.5 Å². The summed E-state index contributed by atoms with van der Waals surface area (Å²) in [6.07, 6.45) is 0. The van der Waals surface area contributed by atoms with Crippen LogP contribution in [-0.4, -0.2) is 19.7 Å². The standard InChI is InChI=1S/C22H15Cl2F2NO4/c1-29-11-27-21(28)15-9-19-20(10-18(15)26)31-22(30-19,12-2-5-14(25)6-3-12)16-7-4-13(23)8-17(16)24/h2-10H,11H2,1H3,(H,27,28). The zero-order chi connectivity index (χ0) is 22.2. The van der Waals surface area contributed by atoms with E-state index in [0.29, 0.717) is 16.1 Å². The normalized spacial score (nSPS) is 16.9. The highest BCUT2D eigenvalue weighted by molar-refractivity contribution is 6.35. The number of hydrogen-bond acceptors (Lipinski definition) is 4. The fraction of sp³-hybridized carbons (Fsp3) is 0.136. The van der Waals surface area contributed by atoms with Gasteiger partial charge in [0.25, 0.3) is 5.91 Å². The number of halogens is 4. The molecular weight excluding hydrogens is 451 g/mol. The van der Waals surface area contributed by atoms with Gasteiger partial charge in [0.2, 0.25) is 0 Å². The molecule has 1 amide bonds. The maximum atomic E-state index is 14.6. The monoisotopic (exact) mass is 465 g/mol. The second-order valence-corrected chi connectivity index (χ2v) is 7.51. The first kappa shape index (κ1) is 21.4. The Labute approximate surface area is 186 Å². The van der Waals surface area contributed by atoms with Gasteiger partial charge in [0.1, 0.15) is 18.4 Å². The lowest BCUT2D eigenvalue weighted by atomic mass is 9.97. The SMILES string of the molecule is COCNC(=O)c1cc2c(cc1F)OC(c1ccc(F)cc1)(c1ccc(Cl)cc1Cl)O2. The summed E-state index contributed by atoms with van der Waals surface area (Å²) >= 11 is 12.4. The van der Waals surface area contributed by atoms with Crippen LogP contribution in [0.2, 0.25) is 10.0 Å². The molecule has 31 heavy (non-hydrogen) atoms. The third kappa shape index (κ3) is 3.92. The third-order valence-electron chi connectivity index (χ3n) is 4.67. The molecule has 0 radical (unpaired) electrons. The summed E-state index contributed by atoms with van der Waals surface area (Å²) in [5, 5.41) is 3.03. The summed E-state index contributed by atoms with van der Waals surface area (Å²) < 4.78 is 45.2. The van der Waals surface area contributed by atoms with E-state index in [1.807, 2.05) is 0 Å². The molecule has 1 aliphatic heterocycles. The topological polar surface area (TPSA) is 56.8 Å². The number of rotatable bonds is 5. The molecule has 0 fully saturated rings. The van der Waals surface area contributed by atoms with Gasteiger partial charge in [0, 0.05) is 23.8 Å². The van der Waals surface area contributed by atoms with Crippen molar-refractivity contribution < 1.29 is 27.8 Å². The molecule has 9 heteroatoms. The van der Waals surface area contributed by atoms with Crippen LogP contribution in [0.5, 0.6) is 11.5 Å². The molecule has 0 saturated heterocycles. The average molecular weight is 466 g/mol. The molecule has 1 atom stereocenters. The largest absolute Gasteiger partial charge is 0.440 e. The minimum absolute atomic E-state index is 0.0520. The Morgan fingerprint density at radius 2 is 1.71 bits per heavy atom. The lowest BCUT2D eigenvalue weighted by Crippen LogP contribution is -2.37. The van der Waals surface area contributed by atoms with Crippen molar-refractivity contribution in [3.8, 4) is 11.5 Å². The molecule has 1 aliphatic rings. The molecule has 1 N–H and O–H groups in total. The smallest absolute Gasteiger partial charge is 0.307 e. The summed E-state index contributed by atoms with van der Waals surface area (Å²) in [7, 11) is 1.39. The van der Waals surface area contributed by atoms with Crippen molar-refractivity contribution in [1.29, 1.82) is 0 Å². The molecule has 5 nitrogen and oxygen atoms in total. The number of carbonyl (C=O) groups is 1. The van der Waals surface area contributed by atoms with Crippen molar-refractivity contribution in [1.82, 2.24) is 5.32 Å². The van der Waals surface area contributed by atoms with Gasteiger partial charge in [0.15, 0.2) is 11.5 Å². The molecule has 0 aromatic heterocycles. The van der Waals surface area contributed by atoms with Gasteiger partial charge in [-0.2, -0.15) is 0 Å². The van der Waals surface area contributed by atoms with Crippen LogP contribution in [0.3, 0.4) is 0 Å². The minimum atomic E-state index is -1.65. The maximum absolute atomic E-state index is 14.6. The highest BCUT2D eigenvalue weighted by Gasteiger charge is 2.47. The summed E-state index contributed by atoms with van der Waals surface area (Å²) in [5.74, 6) is -3.44. The Morgan fingerprint density at radius 3 is 2.35 bits per heavy atom. The summed E-state index contributed by atoms with van der Waals surface area (Å²) in [6.45, 7) is -0.0907. The average Bonchev–Trinajstić information content (AvgIpc) is 3.10. The van der Waals surface area contributed by atoms with Crippen LogP contribution in [0.4, 0.5) is 8.78 Å². The molecule has 3 aromatic carbocycles. The molecule has 0 spiro atoms. The molecule has 0 aliphatic carbocycles. The minimum Gasteiger partial charge on any atom is -0.440 e. The molecule has 3 aromatic rings. The van der Waals surface area contributed by atoms with Crippen LogP contribution in [0, 0.1) is 11.6 Å². The van der Waals surface area contributed by atoms with Crippen LogP contribution in [0.25, 0.3) is 0 Å². The van der Waals surface area contributed by atoms with Gasteiger partial charge in [0.05, 0.1) is 16.1 Å². The molecule has 0 bridgehead atoms. The van der Waals surface area contributed by atoms with Gasteiger partial charge >= 0.3 is 5.79 Å². The van der Waals surface area contributed by atoms with Gasteiger partial charge in [-0.15, -0.1) is 0 Å². The van der Waals surface area contributed by atoms with Crippen molar-refractivity contribution in [2.75, 3.05) is 13.8 Å². The van der Waals surface area contributed by atoms with Crippen LogP contribution in [-0.2, 0) is 10.5 Å². The van der Waals surface area contributed by atoms with Gasteiger partial charge in [-0.3, -0.25) is 4.79 Å². The van der Waals surface area contributed by atoms with Gasteiger partial charge in [-0.1, -0.05) is 23.2 Å².